The Balaban J connectivity index is 1.53. The number of nitrogens with zero attached hydrogens (tertiary/aromatic N) is 6. The van der Waals surface area contributed by atoms with E-state index in [1.807, 2.05) is 4.90 Å². The van der Waals surface area contributed by atoms with Crippen LogP contribution in [-0.4, -0.2) is 68.7 Å². The summed E-state index contributed by atoms with van der Waals surface area (Å²) < 4.78 is 1.76. The van der Waals surface area contributed by atoms with E-state index in [0.29, 0.717) is 11.5 Å². The average molecular weight is 326 g/mol. The highest BCUT2D eigenvalue weighted by molar-refractivity contribution is 5.92. The molecule has 0 saturated carbocycles. The molecule has 7 heteroatoms. The normalized spacial score (nSPS) is 29.9. The van der Waals surface area contributed by atoms with Crippen molar-refractivity contribution in [2.24, 2.45) is 10.8 Å². The fraction of sp³-hybridized carbons (Fsp3) is 0.529. The van der Waals surface area contributed by atoms with Gasteiger partial charge in [0.1, 0.15) is 6.33 Å². The van der Waals surface area contributed by atoms with Gasteiger partial charge in [-0.2, -0.15) is 0 Å². The number of fused-ring (bicyclic) bond motifs is 1. The smallest absolute Gasteiger partial charge is 0.274 e. The van der Waals surface area contributed by atoms with Gasteiger partial charge in [-0.05, 0) is 19.2 Å². The fourth-order valence-corrected chi connectivity index (χ4v) is 4.29. The summed E-state index contributed by atoms with van der Waals surface area (Å²) in [5.74, 6) is 0.627. The Kier molecular flexibility index (Phi) is 3.25. The maximum absolute atomic E-state index is 12.8. The first-order valence-corrected chi connectivity index (χ1v) is 8.20. The molecule has 2 aromatic heterocycles. The lowest BCUT2D eigenvalue weighted by molar-refractivity contribution is 0.0754. The summed E-state index contributed by atoms with van der Waals surface area (Å²) in [6.45, 7) is 8.18. The number of imidazole rings is 1. The Morgan fingerprint density at radius 3 is 2.33 bits per heavy atom. The molecule has 4 rings (SSSR count). The SMILES string of the molecule is CN1CC2(C)CN(C(=O)c3ccc(-n4ccnc4)nn3)CC2(C)C1. The molecular formula is C17H22N6O. The molecule has 0 aromatic carbocycles. The van der Waals surface area contributed by atoms with Crippen LogP contribution in [0.4, 0.5) is 0 Å². The summed E-state index contributed by atoms with van der Waals surface area (Å²) in [5.41, 5.74) is 0.683. The van der Waals surface area contributed by atoms with E-state index >= 15 is 0 Å². The number of carbonyl (C=O) groups is 1. The van der Waals surface area contributed by atoms with E-state index in [1.54, 1.807) is 35.4 Å². The van der Waals surface area contributed by atoms with Gasteiger partial charge in [0.25, 0.3) is 5.91 Å². The Bertz CT molecular complexity index is 738. The largest absolute Gasteiger partial charge is 0.336 e. The van der Waals surface area contributed by atoms with Crippen molar-refractivity contribution in [1.29, 1.82) is 0 Å². The lowest BCUT2D eigenvalue weighted by Gasteiger charge is -2.30. The zero-order chi connectivity index (χ0) is 16.9. The lowest BCUT2D eigenvalue weighted by atomic mass is 9.71. The first-order valence-electron chi connectivity index (χ1n) is 8.20. The van der Waals surface area contributed by atoms with Crippen molar-refractivity contribution < 1.29 is 4.79 Å². The molecule has 2 atom stereocenters. The molecule has 2 aliphatic rings. The van der Waals surface area contributed by atoms with Gasteiger partial charge in [0.15, 0.2) is 11.5 Å². The van der Waals surface area contributed by atoms with E-state index in [-0.39, 0.29) is 16.7 Å². The van der Waals surface area contributed by atoms with Gasteiger partial charge in [0, 0.05) is 49.4 Å². The number of rotatable bonds is 2. The third-order valence-corrected chi connectivity index (χ3v) is 5.70. The first-order chi connectivity index (χ1) is 11.4. The second-order valence-corrected chi connectivity index (χ2v) is 7.70. The van der Waals surface area contributed by atoms with Crippen LogP contribution in [0.25, 0.3) is 5.82 Å². The van der Waals surface area contributed by atoms with Crippen LogP contribution in [-0.2, 0) is 0 Å². The van der Waals surface area contributed by atoms with Crippen LogP contribution < -0.4 is 0 Å². The van der Waals surface area contributed by atoms with Crippen LogP contribution in [0.2, 0.25) is 0 Å². The van der Waals surface area contributed by atoms with Crippen molar-refractivity contribution in [2.45, 2.75) is 13.8 Å². The minimum atomic E-state index is -0.0285. The number of hydrogen-bond acceptors (Lipinski definition) is 5. The summed E-state index contributed by atoms with van der Waals surface area (Å²) in [5, 5.41) is 8.28. The van der Waals surface area contributed by atoms with Crippen LogP contribution >= 0.6 is 0 Å². The Hall–Kier alpha value is -2.28. The predicted molar refractivity (Wildman–Crippen MR) is 88.8 cm³/mol. The highest BCUT2D eigenvalue weighted by Gasteiger charge is 2.57. The Labute approximate surface area is 141 Å². The molecule has 0 spiro atoms. The van der Waals surface area contributed by atoms with Crippen molar-refractivity contribution in [1.82, 2.24) is 29.5 Å². The standard InChI is InChI=1S/C17H22N6O/c1-16-8-21(3)9-17(16,2)11-23(10-16)15(24)13-4-5-14(20-19-13)22-7-6-18-12-22/h4-7,12H,8-11H2,1-3H3. The number of likely N-dealkylation sites (tertiary alicyclic amines) is 2. The molecule has 2 aromatic rings. The Morgan fingerprint density at radius 1 is 1.08 bits per heavy atom. The Morgan fingerprint density at radius 2 is 1.79 bits per heavy atom. The van der Waals surface area contributed by atoms with Crippen LogP contribution in [0.3, 0.4) is 0 Å². The average Bonchev–Trinajstić information content (AvgIpc) is 3.19. The van der Waals surface area contributed by atoms with Crippen LogP contribution in [0.1, 0.15) is 24.3 Å². The number of carbonyl (C=O) groups excluding carboxylic acids is 1. The molecular weight excluding hydrogens is 304 g/mol. The molecule has 24 heavy (non-hydrogen) atoms. The van der Waals surface area contributed by atoms with Gasteiger partial charge in [-0.15, -0.1) is 10.2 Å². The van der Waals surface area contributed by atoms with Crippen LogP contribution in [0.15, 0.2) is 30.9 Å². The van der Waals surface area contributed by atoms with Crippen molar-refractivity contribution in [3.05, 3.63) is 36.5 Å². The van der Waals surface area contributed by atoms with Gasteiger partial charge in [-0.1, -0.05) is 13.8 Å². The molecule has 0 radical (unpaired) electrons. The third kappa shape index (κ3) is 2.23. The van der Waals surface area contributed by atoms with Crippen molar-refractivity contribution in [3.8, 4) is 5.82 Å². The van der Waals surface area contributed by atoms with Gasteiger partial charge < -0.3 is 9.80 Å². The highest BCUT2D eigenvalue weighted by atomic mass is 16.2. The van der Waals surface area contributed by atoms with Gasteiger partial charge in [0.05, 0.1) is 0 Å². The molecule has 0 aliphatic carbocycles. The monoisotopic (exact) mass is 326 g/mol. The zero-order valence-corrected chi connectivity index (χ0v) is 14.3. The lowest BCUT2D eigenvalue weighted by Crippen LogP contribution is -2.35. The topological polar surface area (TPSA) is 67.2 Å². The predicted octanol–water partition coefficient (Wildman–Crippen LogP) is 1.08. The van der Waals surface area contributed by atoms with Crippen molar-refractivity contribution in [2.75, 3.05) is 33.2 Å². The summed E-state index contributed by atoms with van der Waals surface area (Å²) in [6, 6.07) is 3.55. The van der Waals surface area contributed by atoms with Gasteiger partial charge >= 0.3 is 0 Å². The summed E-state index contributed by atoms with van der Waals surface area (Å²) in [7, 11) is 2.15. The van der Waals surface area contributed by atoms with E-state index in [1.165, 1.54) is 0 Å². The maximum Gasteiger partial charge on any atom is 0.274 e. The molecule has 126 valence electrons. The summed E-state index contributed by atoms with van der Waals surface area (Å²) >= 11 is 0. The second-order valence-electron chi connectivity index (χ2n) is 7.70. The second kappa shape index (κ2) is 5.11. The molecule has 2 unspecified atom stereocenters. The molecule has 0 bridgehead atoms. The zero-order valence-electron chi connectivity index (χ0n) is 14.3. The first kappa shape index (κ1) is 15.3. The molecule has 2 aliphatic heterocycles. The van der Waals surface area contributed by atoms with E-state index in [2.05, 4.69) is 41.0 Å². The molecule has 1 amide bonds. The van der Waals surface area contributed by atoms with Gasteiger partial charge in [-0.3, -0.25) is 9.36 Å². The van der Waals surface area contributed by atoms with E-state index < -0.39 is 0 Å². The van der Waals surface area contributed by atoms with E-state index in [0.717, 1.165) is 26.2 Å². The molecule has 2 saturated heterocycles. The number of aromatic nitrogens is 4. The highest BCUT2D eigenvalue weighted by Crippen LogP contribution is 2.51. The quantitative estimate of drug-likeness (QED) is 0.826. The van der Waals surface area contributed by atoms with E-state index in [4.69, 9.17) is 0 Å². The number of amides is 1. The fourth-order valence-electron chi connectivity index (χ4n) is 4.29. The third-order valence-electron chi connectivity index (χ3n) is 5.70. The van der Waals surface area contributed by atoms with Crippen molar-refractivity contribution in [3.63, 3.8) is 0 Å². The molecule has 7 nitrogen and oxygen atoms in total. The maximum atomic E-state index is 12.8. The van der Waals surface area contributed by atoms with E-state index in [9.17, 15) is 4.79 Å². The number of hydrogen-bond donors (Lipinski definition) is 0. The van der Waals surface area contributed by atoms with Crippen LogP contribution in [0, 0.1) is 10.8 Å². The molecule has 0 N–H and O–H groups in total. The molecule has 2 fully saturated rings. The van der Waals surface area contributed by atoms with Gasteiger partial charge in [0.2, 0.25) is 0 Å². The van der Waals surface area contributed by atoms with Crippen LogP contribution in [0.5, 0.6) is 0 Å². The van der Waals surface area contributed by atoms with Crippen molar-refractivity contribution >= 4 is 5.91 Å². The summed E-state index contributed by atoms with van der Waals surface area (Å²) in [6.07, 6.45) is 5.14. The minimum absolute atomic E-state index is 0.0285. The van der Waals surface area contributed by atoms with Gasteiger partial charge in [-0.25, -0.2) is 4.98 Å². The minimum Gasteiger partial charge on any atom is -0.336 e. The summed E-state index contributed by atoms with van der Waals surface area (Å²) in [4.78, 5) is 21.1. The molecule has 4 heterocycles.